The molecule has 5 heteroatoms. The lowest BCUT2D eigenvalue weighted by atomic mass is 9.95. The summed E-state index contributed by atoms with van der Waals surface area (Å²) < 4.78 is 43.4. The molecule has 0 radical (unpaired) electrons. The SMILES string of the molecule is Cn1ccc2cc3c(ccc4c5cc6cc(C(F)(F)F)n(C)c6cc5ccc34)cc21. The zero-order valence-electron chi connectivity index (χ0n) is 16.4. The Kier molecular flexibility index (Phi) is 3.23. The van der Waals surface area contributed by atoms with E-state index in [1.165, 1.54) is 28.6 Å². The standard InChI is InChI=1S/C25H17F3N2/c1-29-8-7-16-9-20-14(11-22(16)29)3-5-19-18(20)6-4-15-12-23-17(10-21(15)19)13-24(30(23)2)25(26,27)28/h3-13H,1-2H3. The van der Waals surface area contributed by atoms with Crippen LogP contribution >= 0.6 is 0 Å². The molecular weight excluding hydrogens is 385 g/mol. The fourth-order valence-electron chi connectivity index (χ4n) is 4.74. The van der Waals surface area contributed by atoms with Gasteiger partial charge in [-0.3, -0.25) is 0 Å². The highest BCUT2D eigenvalue weighted by atomic mass is 19.4. The molecule has 0 N–H and O–H groups in total. The van der Waals surface area contributed by atoms with Gasteiger partial charge in [-0.05, 0) is 68.7 Å². The molecule has 0 saturated carbocycles. The minimum atomic E-state index is -4.38. The van der Waals surface area contributed by atoms with E-state index in [-0.39, 0.29) is 0 Å². The molecule has 2 aromatic heterocycles. The fourth-order valence-corrected chi connectivity index (χ4v) is 4.74. The Balaban J connectivity index is 1.71. The molecule has 0 amide bonds. The van der Waals surface area contributed by atoms with E-state index in [4.69, 9.17) is 0 Å². The number of hydrogen-bond acceptors (Lipinski definition) is 0. The van der Waals surface area contributed by atoms with Crippen LogP contribution in [0.5, 0.6) is 0 Å². The van der Waals surface area contributed by atoms with E-state index in [9.17, 15) is 13.2 Å². The molecule has 2 heterocycles. The summed E-state index contributed by atoms with van der Waals surface area (Å²) in [4.78, 5) is 0. The maximum absolute atomic E-state index is 13.4. The van der Waals surface area contributed by atoms with E-state index in [2.05, 4.69) is 41.0 Å². The highest BCUT2D eigenvalue weighted by Crippen LogP contribution is 2.38. The third kappa shape index (κ3) is 2.26. The van der Waals surface area contributed by atoms with Gasteiger partial charge in [-0.1, -0.05) is 24.3 Å². The monoisotopic (exact) mass is 402 g/mol. The van der Waals surface area contributed by atoms with Gasteiger partial charge in [0.05, 0.1) is 0 Å². The predicted octanol–water partition coefficient (Wildman–Crippen LogP) is 7.15. The topological polar surface area (TPSA) is 9.86 Å². The molecule has 0 fully saturated rings. The van der Waals surface area contributed by atoms with Crippen LogP contribution in [0.4, 0.5) is 13.2 Å². The molecule has 4 aromatic carbocycles. The second-order valence-corrected chi connectivity index (χ2v) is 8.00. The number of benzene rings is 4. The quantitative estimate of drug-likeness (QED) is 0.239. The average Bonchev–Trinajstić information content (AvgIpc) is 3.24. The van der Waals surface area contributed by atoms with Gasteiger partial charge in [0, 0.05) is 42.1 Å². The van der Waals surface area contributed by atoms with Crippen molar-refractivity contribution in [3.63, 3.8) is 0 Å². The maximum Gasteiger partial charge on any atom is 0.431 e. The molecule has 0 bridgehead atoms. The molecule has 0 aliphatic carbocycles. The summed E-state index contributed by atoms with van der Waals surface area (Å²) >= 11 is 0. The molecule has 0 aliphatic heterocycles. The van der Waals surface area contributed by atoms with E-state index < -0.39 is 11.9 Å². The number of aryl methyl sites for hydroxylation is 2. The Labute approximate surface area is 169 Å². The normalized spacial score (nSPS) is 12.8. The van der Waals surface area contributed by atoms with Gasteiger partial charge in [0.2, 0.25) is 0 Å². The van der Waals surface area contributed by atoms with Crippen molar-refractivity contribution in [3.05, 3.63) is 72.6 Å². The van der Waals surface area contributed by atoms with Gasteiger partial charge < -0.3 is 9.13 Å². The number of fused-ring (bicyclic) bond motifs is 7. The Bertz CT molecular complexity index is 1650. The number of rotatable bonds is 0. The molecule has 0 spiro atoms. The zero-order valence-corrected chi connectivity index (χ0v) is 16.4. The van der Waals surface area contributed by atoms with Crippen LogP contribution in [0, 0.1) is 0 Å². The lowest BCUT2D eigenvalue weighted by Gasteiger charge is -2.10. The van der Waals surface area contributed by atoms with Crippen LogP contribution in [0.15, 0.2) is 66.9 Å². The maximum atomic E-state index is 13.4. The van der Waals surface area contributed by atoms with Gasteiger partial charge in [-0.2, -0.15) is 13.2 Å². The smallest absolute Gasteiger partial charge is 0.351 e. The summed E-state index contributed by atoms with van der Waals surface area (Å²) in [5, 5.41) is 8.13. The van der Waals surface area contributed by atoms with Crippen molar-refractivity contribution in [1.82, 2.24) is 9.13 Å². The van der Waals surface area contributed by atoms with Gasteiger partial charge in [0.15, 0.2) is 0 Å². The van der Waals surface area contributed by atoms with E-state index in [0.717, 1.165) is 32.3 Å². The molecular formula is C25H17F3N2. The molecule has 0 atom stereocenters. The van der Waals surface area contributed by atoms with Gasteiger partial charge in [0.25, 0.3) is 0 Å². The average molecular weight is 402 g/mol. The third-order valence-corrected chi connectivity index (χ3v) is 6.29. The largest absolute Gasteiger partial charge is 0.431 e. The first kappa shape index (κ1) is 17.4. The summed E-state index contributed by atoms with van der Waals surface area (Å²) in [5.41, 5.74) is 1.13. The lowest BCUT2D eigenvalue weighted by molar-refractivity contribution is -0.142. The summed E-state index contributed by atoms with van der Waals surface area (Å²) in [5.74, 6) is 0. The highest BCUT2D eigenvalue weighted by molar-refractivity contribution is 6.20. The number of alkyl halides is 3. The van der Waals surface area contributed by atoms with E-state index in [1.54, 1.807) is 0 Å². The van der Waals surface area contributed by atoms with Crippen LogP contribution in [0.1, 0.15) is 5.69 Å². The first-order chi connectivity index (χ1) is 14.3. The molecule has 0 aliphatic rings. The second kappa shape index (κ2) is 5.57. The zero-order chi connectivity index (χ0) is 20.8. The number of halogens is 3. The lowest BCUT2D eigenvalue weighted by Crippen LogP contribution is -2.10. The van der Waals surface area contributed by atoms with Crippen molar-refractivity contribution < 1.29 is 13.2 Å². The summed E-state index contributed by atoms with van der Waals surface area (Å²) in [6.07, 6.45) is -2.33. The van der Waals surface area contributed by atoms with Crippen LogP contribution < -0.4 is 0 Å². The van der Waals surface area contributed by atoms with E-state index in [0.29, 0.717) is 10.9 Å². The Hall–Kier alpha value is -3.47. The summed E-state index contributed by atoms with van der Waals surface area (Å²) in [6, 6.07) is 19.7. The summed E-state index contributed by atoms with van der Waals surface area (Å²) in [7, 11) is 3.50. The molecule has 148 valence electrons. The van der Waals surface area contributed by atoms with Gasteiger partial charge in [-0.15, -0.1) is 0 Å². The number of hydrogen-bond donors (Lipinski definition) is 0. The van der Waals surface area contributed by atoms with Crippen molar-refractivity contribution in [2.75, 3.05) is 0 Å². The molecule has 0 saturated heterocycles. The van der Waals surface area contributed by atoms with Crippen molar-refractivity contribution in [2.45, 2.75) is 6.18 Å². The van der Waals surface area contributed by atoms with Crippen LogP contribution in [0.25, 0.3) is 54.1 Å². The molecule has 6 rings (SSSR count). The minimum Gasteiger partial charge on any atom is -0.351 e. The van der Waals surface area contributed by atoms with E-state index >= 15 is 0 Å². The predicted molar refractivity (Wildman–Crippen MR) is 117 cm³/mol. The first-order valence-corrected chi connectivity index (χ1v) is 9.72. The van der Waals surface area contributed by atoms with Crippen LogP contribution in [-0.2, 0) is 20.3 Å². The second-order valence-electron chi connectivity index (χ2n) is 8.00. The van der Waals surface area contributed by atoms with Gasteiger partial charge >= 0.3 is 6.18 Å². The Morgan fingerprint density at radius 1 is 0.600 bits per heavy atom. The van der Waals surface area contributed by atoms with Crippen molar-refractivity contribution in [1.29, 1.82) is 0 Å². The van der Waals surface area contributed by atoms with Crippen LogP contribution in [0.3, 0.4) is 0 Å². The van der Waals surface area contributed by atoms with Crippen LogP contribution in [0.2, 0.25) is 0 Å². The third-order valence-electron chi connectivity index (χ3n) is 6.29. The molecule has 2 nitrogen and oxygen atoms in total. The summed E-state index contributed by atoms with van der Waals surface area (Å²) in [6.45, 7) is 0. The Morgan fingerprint density at radius 3 is 1.83 bits per heavy atom. The first-order valence-electron chi connectivity index (χ1n) is 9.72. The molecule has 0 unspecified atom stereocenters. The van der Waals surface area contributed by atoms with Crippen molar-refractivity contribution in [3.8, 4) is 0 Å². The van der Waals surface area contributed by atoms with E-state index in [1.807, 2.05) is 31.4 Å². The number of aromatic nitrogens is 2. The van der Waals surface area contributed by atoms with Crippen LogP contribution in [-0.4, -0.2) is 9.13 Å². The fraction of sp³-hybridized carbons (Fsp3) is 0.120. The molecule has 30 heavy (non-hydrogen) atoms. The highest BCUT2D eigenvalue weighted by Gasteiger charge is 2.34. The van der Waals surface area contributed by atoms with Gasteiger partial charge in [-0.25, -0.2) is 0 Å². The van der Waals surface area contributed by atoms with Gasteiger partial charge in [0.1, 0.15) is 5.69 Å². The van der Waals surface area contributed by atoms with Crippen molar-refractivity contribution in [2.24, 2.45) is 14.1 Å². The Morgan fingerprint density at radius 2 is 1.20 bits per heavy atom. The van der Waals surface area contributed by atoms with Crippen molar-refractivity contribution >= 4 is 54.1 Å². The number of nitrogens with zero attached hydrogens (tertiary/aromatic N) is 2. The minimum absolute atomic E-state index is 0.584. The molecule has 6 aromatic rings.